The Morgan fingerprint density at radius 1 is 0.607 bits per heavy atom. The van der Waals surface area contributed by atoms with Gasteiger partial charge in [0.2, 0.25) is 0 Å². The normalized spacial score (nSPS) is 14.4. The highest BCUT2D eigenvalue weighted by Gasteiger charge is 2.57. The smallest absolute Gasteiger partial charge is 0.420 e. The van der Waals surface area contributed by atoms with Crippen molar-refractivity contribution in [1.82, 2.24) is 4.98 Å². The molecule has 28 heavy (non-hydrogen) atoms. The van der Waals surface area contributed by atoms with Gasteiger partial charge in [-0.1, -0.05) is 13.8 Å². The largest absolute Gasteiger partial charge is 0.440 e. The third kappa shape index (κ3) is 3.72. The Labute approximate surface area is 147 Å². The molecule has 1 aromatic carbocycles. The zero-order valence-corrected chi connectivity index (χ0v) is 13.5. The van der Waals surface area contributed by atoms with Crippen molar-refractivity contribution >= 4 is 11.1 Å². The highest BCUT2D eigenvalue weighted by Crippen LogP contribution is 2.54. The van der Waals surface area contributed by atoms with Crippen molar-refractivity contribution in [2.24, 2.45) is 0 Å². The molecule has 158 valence electrons. The van der Waals surface area contributed by atoms with Gasteiger partial charge in [-0.15, -0.1) is 0 Å². The van der Waals surface area contributed by atoms with E-state index in [1.54, 1.807) is 0 Å². The second-order valence-electron chi connectivity index (χ2n) is 5.88. The number of fused-ring (bicyclic) bond motifs is 1. The van der Waals surface area contributed by atoms with E-state index in [0.29, 0.717) is 0 Å². The quantitative estimate of drug-likeness (QED) is 0.452. The van der Waals surface area contributed by atoms with Crippen molar-refractivity contribution in [3.05, 3.63) is 28.1 Å². The van der Waals surface area contributed by atoms with E-state index in [9.17, 15) is 52.7 Å². The maximum atomic E-state index is 13.3. The Hall–Kier alpha value is -2.15. The maximum Gasteiger partial charge on any atom is 0.420 e. The summed E-state index contributed by atoms with van der Waals surface area (Å²) in [7, 11) is 0. The molecule has 0 saturated carbocycles. The Kier molecular flexibility index (Phi) is 4.88. The van der Waals surface area contributed by atoms with Crippen LogP contribution >= 0.6 is 0 Å². The van der Waals surface area contributed by atoms with Crippen LogP contribution in [0.3, 0.4) is 0 Å². The number of hydrogen-bond acceptors (Lipinski definition) is 2. The second-order valence-corrected chi connectivity index (χ2v) is 5.88. The first-order valence-electron chi connectivity index (χ1n) is 7.07. The van der Waals surface area contributed by atoms with E-state index in [2.05, 4.69) is 9.40 Å². The van der Waals surface area contributed by atoms with E-state index in [-0.39, 0.29) is 0 Å². The summed E-state index contributed by atoms with van der Waals surface area (Å²) in [5.41, 5.74) is -17.1. The minimum absolute atomic E-state index is 0.890. The van der Waals surface area contributed by atoms with Gasteiger partial charge in [-0.05, 0) is 0 Å². The number of nitrogens with zero attached hydrogens (tertiary/aromatic N) is 1. The standard InChI is InChI=1S/C14H7F12NO/c1-3(2)10-27-8-6(13(21,22)23)4(11(15,16)17)5(12(18,19)20)7(9(8)28-10)14(24,25)26/h3H,1-2H3. The lowest BCUT2D eigenvalue weighted by Crippen LogP contribution is -2.27. The summed E-state index contributed by atoms with van der Waals surface area (Å²) in [5, 5.41) is 0. The number of benzene rings is 1. The topological polar surface area (TPSA) is 26.0 Å². The summed E-state index contributed by atoms with van der Waals surface area (Å²) >= 11 is 0. The van der Waals surface area contributed by atoms with Crippen LogP contribution in [0.2, 0.25) is 0 Å². The molecular formula is C14H7F12NO. The number of hydrogen-bond donors (Lipinski definition) is 0. The lowest BCUT2D eigenvalue weighted by atomic mass is 9.92. The fraction of sp³-hybridized carbons (Fsp3) is 0.500. The Morgan fingerprint density at radius 2 is 0.964 bits per heavy atom. The molecular weight excluding hydrogens is 426 g/mol. The number of alkyl halides is 12. The van der Waals surface area contributed by atoms with Gasteiger partial charge in [0.25, 0.3) is 0 Å². The van der Waals surface area contributed by atoms with E-state index in [0.717, 1.165) is 13.8 Å². The summed E-state index contributed by atoms with van der Waals surface area (Å²) in [6.07, 6.45) is -25.1. The first-order chi connectivity index (χ1) is 12.3. The van der Waals surface area contributed by atoms with Crippen molar-refractivity contribution in [2.45, 2.75) is 44.5 Å². The van der Waals surface area contributed by atoms with Crippen LogP contribution in [0.25, 0.3) is 11.1 Å². The number of oxazole rings is 1. The molecule has 2 nitrogen and oxygen atoms in total. The van der Waals surface area contributed by atoms with E-state index < -0.39 is 69.9 Å². The second kappa shape index (κ2) is 6.17. The number of aromatic nitrogens is 1. The third-order valence-electron chi connectivity index (χ3n) is 3.49. The van der Waals surface area contributed by atoms with Crippen LogP contribution in [-0.4, -0.2) is 4.98 Å². The Balaban J connectivity index is 3.35. The molecule has 0 radical (unpaired) electrons. The molecule has 1 heterocycles. The van der Waals surface area contributed by atoms with Gasteiger partial charge in [0.05, 0.1) is 16.7 Å². The average Bonchev–Trinajstić information content (AvgIpc) is 2.84. The van der Waals surface area contributed by atoms with Gasteiger partial charge in [-0.3, -0.25) is 0 Å². The molecule has 1 aromatic heterocycles. The molecule has 0 aliphatic carbocycles. The fourth-order valence-electron chi connectivity index (χ4n) is 2.52. The molecule has 0 unspecified atom stereocenters. The van der Waals surface area contributed by atoms with E-state index in [4.69, 9.17) is 0 Å². The molecule has 0 amide bonds. The minimum atomic E-state index is -6.44. The summed E-state index contributed by atoms with van der Waals surface area (Å²) in [4.78, 5) is 3.00. The van der Waals surface area contributed by atoms with Crippen LogP contribution in [-0.2, 0) is 24.7 Å². The van der Waals surface area contributed by atoms with Crippen molar-refractivity contribution in [3.63, 3.8) is 0 Å². The molecule has 0 aliphatic rings. The average molecular weight is 433 g/mol. The molecule has 0 aliphatic heterocycles. The lowest BCUT2D eigenvalue weighted by Gasteiger charge is -2.24. The van der Waals surface area contributed by atoms with Crippen LogP contribution in [0.15, 0.2) is 4.42 Å². The molecule has 0 atom stereocenters. The van der Waals surface area contributed by atoms with E-state index in [1.807, 2.05) is 0 Å². The molecule has 0 bridgehead atoms. The molecule has 0 N–H and O–H groups in total. The zero-order chi connectivity index (χ0) is 22.0. The van der Waals surface area contributed by atoms with Crippen LogP contribution in [0.4, 0.5) is 52.7 Å². The summed E-state index contributed by atoms with van der Waals surface area (Å²) in [6.45, 7) is 2.31. The highest BCUT2D eigenvalue weighted by molar-refractivity contribution is 5.85. The van der Waals surface area contributed by atoms with Crippen molar-refractivity contribution in [1.29, 1.82) is 0 Å². The maximum absolute atomic E-state index is 13.3. The van der Waals surface area contributed by atoms with Gasteiger partial charge in [-0.2, -0.15) is 52.7 Å². The van der Waals surface area contributed by atoms with Gasteiger partial charge in [-0.25, -0.2) is 4.98 Å². The minimum Gasteiger partial charge on any atom is -0.440 e. The molecule has 0 fully saturated rings. The molecule has 0 saturated heterocycles. The lowest BCUT2D eigenvalue weighted by molar-refractivity contribution is -0.181. The van der Waals surface area contributed by atoms with Gasteiger partial charge < -0.3 is 4.42 Å². The predicted octanol–water partition coefficient (Wildman–Crippen LogP) is 7.03. The Morgan fingerprint density at radius 3 is 1.29 bits per heavy atom. The van der Waals surface area contributed by atoms with Gasteiger partial charge in [0.1, 0.15) is 11.1 Å². The van der Waals surface area contributed by atoms with Gasteiger partial charge >= 0.3 is 24.7 Å². The summed E-state index contributed by atoms with van der Waals surface area (Å²) < 4.78 is 163. The number of rotatable bonds is 1. The summed E-state index contributed by atoms with van der Waals surface area (Å²) in [6, 6.07) is 0. The fourth-order valence-corrected chi connectivity index (χ4v) is 2.52. The van der Waals surface area contributed by atoms with E-state index in [1.165, 1.54) is 0 Å². The molecule has 2 rings (SSSR count). The SMILES string of the molecule is CC(C)c1nc2c(C(F)(F)F)c(C(F)(F)F)c(C(F)(F)F)c(C(F)(F)F)c2o1. The van der Waals surface area contributed by atoms with Crippen LogP contribution < -0.4 is 0 Å². The van der Waals surface area contributed by atoms with Crippen LogP contribution in [0.5, 0.6) is 0 Å². The third-order valence-corrected chi connectivity index (χ3v) is 3.49. The van der Waals surface area contributed by atoms with Gasteiger partial charge in [0.15, 0.2) is 11.5 Å². The summed E-state index contributed by atoms with van der Waals surface area (Å²) in [5.74, 6) is -1.92. The Bertz CT molecular complexity index is 826. The van der Waals surface area contributed by atoms with Crippen molar-refractivity contribution < 1.29 is 57.1 Å². The van der Waals surface area contributed by atoms with Crippen molar-refractivity contribution in [2.75, 3.05) is 0 Å². The van der Waals surface area contributed by atoms with Crippen molar-refractivity contribution in [3.8, 4) is 0 Å². The molecule has 14 heteroatoms. The number of halogens is 12. The molecule has 2 aromatic rings. The molecule has 0 spiro atoms. The first kappa shape index (κ1) is 22.1. The monoisotopic (exact) mass is 433 g/mol. The highest BCUT2D eigenvalue weighted by atomic mass is 19.4. The van der Waals surface area contributed by atoms with Crippen LogP contribution in [0.1, 0.15) is 47.9 Å². The van der Waals surface area contributed by atoms with Crippen LogP contribution in [0, 0.1) is 0 Å². The zero-order valence-electron chi connectivity index (χ0n) is 13.5. The first-order valence-corrected chi connectivity index (χ1v) is 7.07. The van der Waals surface area contributed by atoms with E-state index >= 15 is 0 Å². The van der Waals surface area contributed by atoms with Gasteiger partial charge in [0, 0.05) is 5.92 Å². The predicted molar refractivity (Wildman–Crippen MR) is 68.1 cm³/mol.